The number of likely N-dealkylation sites (tertiary alicyclic amines) is 1. The summed E-state index contributed by atoms with van der Waals surface area (Å²) in [6.07, 6.45) is 1.81. The number of carbonyl (C=O) groups excluding carboxylic acids is 1. The number of hydrogen-bond donors (Lipinski definition) is 1. The second-order valence-corrected chi connectivity index (χ2v) is 7.99. The standard InChI is InChI=1S/C22H37N3O3/c1-7-27-21-14-18(8-9-20(21)28-17(4)22(26)24(5)6)15-23-19-10-12-25(13-11-19)16(2)3/h8-9,14,16-17,19,23H,7,10-13,15H2,1-6H3. The first-order chi connectivity index (χ1) is 13.3. The highest BCUT2D eigenvalue weighted by Gasteiger charge is 2.21. The van der Waals surface area contributed by atoms with Gasteiger partial charge in [0.1, 0.15) is 0 Å². The molecule has 0 bridgehead atoms. The van der Waals surface area contributed by atoms with E-state index in [2.05, 4.69) is 24.1 Å². The third-order valence-electron chi connectivity index (χ3n) is 5.25. The van der Waals surface area contributed by atoms with Crippen LogP contribution in [0.15, 0.2) is 18.2 Å². The van der Waals surface area contributed by atoms with Gasteiger partial charge in [0.25, 0.3) is 5.91 Å². The van der Waals surface area contributed by atoms with Gasteiger partial charge in [-0.25, -0.2) is 0 Å². The summed E-state index contributed by atoms with van der Waals surface area (Å²) >= 11 is 0. The number of rotatable bonds is 9. The molecule has 0 radical (unpaired) electrons. The Hall–Kier alpha value is -1.79. The number of carbonyl (C=O) groups is 1. The molecule has 0 aromatic heterocycles. The van der Waals surface area contributed by atoms with Gasteiger partial charge in [0.05, 0.1) is 6.61 Å². The van der Waals surface area contributed by atoms with E-state index in [1.807, 2.05) is 25.1 Å². The minimum Gasteiger partial charge on any atom is -0.490 e. The Morgan fingerprint density at radius 1 is 1.21 bits per heavy atom. The highest BCUT2D eigenvalue weighted by atomic mass is 16.5. The monoisotopic (exact) mass is 391 g/mol. The largest absolute Gasteiger partial charge is 0.490 e. The molecule has 6 heteroatoms. The fourth-order valence-corrected chi connectivity index (χ4v) is 3.51. The van der Waals surface area contributed by atoms with Crippen LogP contribution in [0.3, 0.4) is 0 Å². The highest BCUT2D eigenvalue weighted by Crippen LogP contribution is 2.30. The molecule has 0 saturated carbocycles. The summed E-state index contributed by atoms with van der Waals surface area (Å²) in [7, 11) is 3.46. The lowest BCUT2D eigenvalue weighted by Gasteiger charge is -2.35. The van der Waals surface area contributed by atoms with Gasteiger partial charge in [-0.05, 0) is 71.3 Å². The van der Waals surface area contributed by atoms with E-state index in [9.17, 15) is 4.79 Å². The maximum atomic E-state index is 12.1. The zero-order valence-corrected chi connectivity index (χ0v) is 18.3. The van der Waals surface area contributed by atoms with Crippen molar-refractivity contribution in [1.82, 2.24) is 15.1 Å². The summed E-state index contributed by atoms with van der Waals surface area (Å²) in [6.45, 7) is 11.9. The van der Waals surface area contributed by atoms with Gasteiger partial charge in [0.2, 0.25) is 0 Å². The van der Waals surface area contributed by atoms with Crippen LogP contribution < -0.4 is 14.8 Å². The maximum absolute atomic E-state index is 12.1. The first-order valence-electron chi connectivity index (χ1n) is 10.4. The van der Waals surface area contributed by atoms with Crippen molar-refractivity contribution in [2.24, 2.45) is 0 Å². The van der Waals surface area contributed by atoms with Crippen molar-refractivity contribution in [3.05, 3.63) is 23.8 Å². The molecule has 0 aliphatic carbocycles. The fraction of sp³-hybridized carbons (Fsp3) is 0.682. The predicted molar refractivity (Wildman–Crippen MR) is 113 cm³/mol. The van der Waals surface area contributed by atoms with Crippen LogP contribution in [0.5, 0.6) is 11.5 Å². The summed E-state index contributed by atoms with van der Waals surface area (Å²) in [6, 6.07) is 7.15. The van der Waals surface area contributed by atoms with Gasteiger partial charge in [-0.2, -0.15) is 0 Å². The molecule has 1 unspecified atom stereocenters. The zero-order valence-electron chi connectivity index (χ0n) is 18.3. The van der Waals surface area contributed by atoms with Gasteiger partial charge < -0.3 is 24.6 Å². The summed E-state index contributed by atoms with van der Waals surface area (Å²) in [5.41, 5.74) is 1.16. The van der Waals surface area contributed by atoms with Gasteiger partial charge in [-0.1, -0.05) is 6.07 Å². The Morgan fingerprint density at radius 3 is 2.46 bits per heavy atom. The number of likely N-dealkylation sites (N-methyl/N-ethyl adjacent to an activating group) is 1. The number of hydrogen-bond acceptors (Lipinski definition) is 5. The van der Waals surface area contributed by atoms with Gasteiger partial charge >= 0.3 is 0 Å². The van der Waals surface area contributed by atoms with E-state index in [4.69, 9.17) is 9.47 Å². The van der Waals surface area contributed by atoms with E-state index < -0.39 is 6.10 Å². The van der Waals surface area contributed by atoms with Crippen molar-refractivity contribution in [2.75, 3.05) is 33.8 Å². The molecule has 1 N–H and O–H groups in total. The molecule has 1 aromatic rings. The molecule has 1 aliphatic heterocycles. The van der Waals surface area contributed by atoms with Crippen LogP contribution in [0, 0.1) is 0 Å². The second-order valence-electron chi connectivity index (χ2n) is 7.99. The van der Waals surface area contributed by atoms with Crippen LogP contribution in [0.1, 0.15) is 46.1 Å². The van der Waals surface area contributed by atoms with Crippen LogP contribution in [0.4, 0.5) is 0 Å². The third kappa shape index (κ3) is 6.38. The lowest BCUT2D eigenvalue weighted by molar-refractivity contribution is -0.135. The van der Waals surface area contributed by atoms with E-state index in [-0.39, 0.29) is 5.91 Å². The lowest BCUT2D eigenvalue weighted by Crippen LogP contribution is -2.44. The van der Waals surface area contributed by atoms with Crippen molar-refractivity contribution < 1.29 is 14.3 Å². The first kappa shape index (κ1) is 22.5. The molecule has 1 aromatic carbocycles. The Balaban J connectivity index is 1.95. The minimum atomic E-state index is -0.552. The average Bonchev–Trinajstić information content (AvgIpc) is 2.67. The Morgan fingerprint density at radius 2 is 1.89 bits per heavy atom. The normalized spacial score (nSPS) is 16.8. The van der Waals surface area contributed by atoms with Gasteiger partial charge in [0, 0.05) is 32.7 Å². The molecule has 1 saturated heterocycles. The van der Waals surface area contributed by atoms with E-state index in [0.29, 0.717) is 30.2 Å². The molecule has 28 heavy (non-hydrogen) atoms. The Kier molecular flexibility index (Phi) is 8.58. The van der Waals surface area contributed by atoms with E-state index in [1.54, 1.807) is 21.0 Å². The van der Waals surface area contributed by atoms with Gasteiger partial charge in [-0.3, -0.25) is 4.79 Å². The minimum absolute atomic E-state index is 0.0686. The zero-order chi connectivity index (χ0) is 20.7. The summed E-state index contributed by atoms with van der Waals surface area (Å²) in [4.78, 5) is 16.1. The highest BCUT2D eigenvalue weighted by molar-refractivity contribution is 5.80. The molecule has 2 rings (SSSR count). The third-order valence-corrected chi connectivity index (χ3v) is 5.25. The van der Waals surface area contributed by atoms with Crippen LogP contribution in [0.2, 0.25) is 0 Å². The summed E-state index contributed by atoms with van der Waals surface area (Å²) in [5.74, 6) is 1.23. The number of benzene rings is 1. The smallest absolute Gasteiger partial charge is 0.262 e. The Bertz CT molecular complexity index is 625. The van der Waals surface area contributed by atoms with Crippen molar-refractivity contribution in [3.63, 3.8) is 0 Å². The van der Waals surface area contributed by atoms with Gasteiger partial charge in [0.15, 0.2) is 17.6 Å². The van der Waals surface area contributed by atoms with E-state index >= 15 is 0 Å². The molecular weight excluding hydrogens is 354 g/mol. The van der Waals surface area contributed by atoms with Crippen molar-refractivity contribution >= 4 is 5.91 Å². The lowest BCUT2D eigenvalue weighted by atomic mass is 10.0. The SMILES string of the molecule is CCOc1cc(CNC2CCN(C(C)C)CC2)ccc1OC(C)C(=O)N(C)C. The number of nitrogens with one attached hydrogen (secondary N) is 1. The molecule has 1 atom stereocenters. The molecule has 1 amide bonds. The summed E-state index contributed by atoms with van der Waals surface area (Å²) < 4.78 is 11.6. The molecule has 1 heterocycles. The molecule has 1 aliphatic rings. The van der Waals surface area contributed by atoms with Crippen LogP contribution in [0.25, 0.3) is 0 Å². The number of ether oxygens (including phenoxy) is 2. The second kappa shape index (κ2) is 10.7. The number of piperidine rings is 1. The first-order valence-corrected chi connectivity index (χ1v) is 10.4. The van der Waals surface area contributed by atoms with Crippen molar-refractivity contribution in [3.8, 4) is 11.5 Å². The molecular formula is C22H37N3O3. The van der Waals surface area contributed by atoms with Crippen LogP contribution in [-0.2, 0) is 11.3 Å². The fourth-order valence-electron chi connectivity index (χ4n) is 3.51. The molecule has 6 nitrogen and oxygen atoms in total. The topological polar surface area (TPSA) is 54.0 Å². The van der Waals surface area contributed by atoms with E-state index in [0.717, 1.165) is 25.2 Å². The molecule has 0 spiro atoms. The van der Waals surface area contributed by atoms with Crippen molar-refractivity contribution in [2.45, 2.75) is 65.3 Å². The predicted octanol–water partition coefficient (Wildman–Crippen LogP) is 2.90. The van der Waals surface area contributed by atoms with E-state index in [1.165, 1.54) is 17.7 Å². The van der Waals surface area contributed by atoms with Crippen LogP contribution in [-0.4, -0.2) is 67.7 Å². The molecule has 158 valence electrons. The number of nitrogens with zero attached hydrogens (tertiary/aromatic N) is 2. The molecule has 1 fully saturated rings. The van der Waals surface area contributed by atoms with Crippen LogP contribution >= 0.6 is 0 Å². The quantitative estimate of drug-likeness (QED) is 0.701. The average molecular weight is 392 g/mol. The summed E-state index contributed by atoms with van der Waals surface area (Å²) in [5, 5.41) is 3.68. The van der Waals surface area contributed by atoms with Crippen molar-refractivity contribution in [1.29, 1.82) is 0 Å². The Labute approximate surface area is 170 Å². The van der Waals surface area contributed by atoms with Gasteiger partial charge in [-0.15, -0.1) is 0 Å². The maximum Gasteiger partial charge on any atom is 0.262 e. The number of amides is 1.